The van der Waals surface area contributed by atoms with Crippen molar-refractivity contribution >= 4 is 38.5 Å². The summed E-state index contributed by atoms with van der Waals surface area (Å²) in [7, 11) is 1.86. The molecule has 5 aromatic heterocycles. The maximum absolute atomic E-state index is 13.3. The van der Waals surface area contributed by atoms with E-state index in [4.69, 9.17) is 10.5 Å². The fourth-order valence-corrected chi connectivity index (χ4v) is 4.09. The molecule has 162 valence electrons. The third kappa shape index (κ3) is 3.07. The molecule has 0 amide bonds. The Kier molecular flexibility index (Phi) is 4.12. The van der Waals surface area contributed by atoms with Crippen LogP contribution in [0.25, 0.3) is 32.7 Å². The predicted octanol–water partition coefficient (Wildman–Crippen LogP) is 2.98. The van der Waals surface area contributed by atoms with Gasteiger partial charge in [0.25, 0.3) is 5.56 Å². The molecule has 0 fully saturated rings. The number of hydrogen-bond acceptors (Lipinski definition) is 7. The van der Waals surface area contributed by atoms with Gasteiger partial charge in [-0.1, -0.05) is 6.07 Å². The van der Waals surface area contributed by atoms with Crippen molar-refractivity contribution in [1.82, 2.24) is 34.5 Å². The summed E-state index contributed by atoms with van der Waals surface area (Å²) >= 11 is 0. The summed E-state index contributed by atoms with van der Waals surface area (Å²) in [5.41, 5.74) is 8.46. The van der Waals surface area contributed by atoms with E-state index in [-0.39, 0.29) is 12.1 Å². The van der Waals surface area contributed by atoms with Gasteiger partial charge in [0.15, 0.2) is 0 Å². The molecule has 10 heteroatoms. The van der Waals surface area contributed by atoms with Gasteiger partial charge < -0.3 is 15.0 Å². The van der Waals surface area contributed by atoms with Gasteiger partial charge in [-0.05, 0) is 30.3 Å². The third-order valence-electron chi connectivity index (χ3n) is 5.66. The predicted molar refractivity (Wildman–Crippen MR) is 124 cm³/mol. The summed E-state index contributed by atoms with van der Waals surface area (Å²) in [4.78, 5) is 21.9. The number of aryl methyl sites for hydroxylation is 1. The van der Waals surface area contributed by atoms with Gasteiger partial charge in [0, 0.05) is 30.1 Å². The van der Waals surface area contributed by atoms with Gasteiger partial charge in [-0.2, -0.15) is 10.2 Å². The molecule has 1 aromatic carbocycles. The van der Waals surface area contributed by atoms with E-state index < -0.39 is 0 Å². The Morgan fingerprint density at radius 2 is 2.00 bits per heavy atom. The van der Waals surface area contributed by atoms with Crippen LogP contribution in [0.5, 0.6) is 11.6 Å². The van der Waals surface area contributed by atoms with Crippen LogP contribution in [0.3, 0.4) is 0 Å². The number of fused-ring (bicyclic) bond motifs is 4. The summed E-state index contributed by atoms with van der Waals surface area (Å²) in [5.74, 6) is 1.46. The molecule has 33 heavy (non-hydrogen) atoms. The van der Waals surface area contributed by atoms with Gasteiger partial charge in [-0.25, -0.2) is 14.6 Å². The number of pyridine rings is 2. The van der Waals surface area contributed by atoms with Gasteiger partial charge in [-0.3, -0.25) is 9.89 Å². The maximum atomic E-state index is 13.3. The van der Waals surface area contributed by atoms with Crippen molar-refractivity contribution in [2.75, 3.05) is 5.73 Å². The fraction of sp³-hybridized carbons (Fsp3) is 0.0870. The highest BCUT2D eigenvalue weighted by atomic mass is 16.5. The Bertz CT molecular complexity index is 1730. The molecule has 5 heterocycles. The number of aromatic nitrogens is 7. The molecule has 0 atom stereocenters. The van der Waals surface area contributed by atoms with E-state index in [1.807, 2.05) is 41.9 Å². The van der Waals surface area contributed by atoms with Crippen LogP contribution in [-0.4, -0.2) is 34.5 Å². The minimum Gasteiger partial charge on any atom is -0.438 e. The molecule has 6 rings (SSSR count). The SMILES string of the molecule is Cn1c2cc(Oc3nccc4[nH]ncc34)ccc2c2cnn(Cc3cccc(N)n3)c(=O)c21. The smallest absolute Gasteiger partial charge is 0.291 e. The van der Waals surface area contributed by atoms with E-state index in [9.17, 15) is 4.79 Å². The molecule has 0 saturated heterocycles. The van der Waals surface area contributed by atoms with Gasteiger partial charge in [0.1, 0.15) is 17.1 Å². The van der Waals surface area contributed by atoms with Crippen LogP contribution in [0.4, 0.5) is 5.82 Å². The molecule has 0 spiro atoms. The average molecular weight is 438 g/mol. The Balaban J connectivity index is 1.44. The average Bonchev–Trinajstić information content (AvgIpc) is 3.40. The number of aromatic amines is 1. The van der Waals surface area contributed by atoms with Crippen LogP contribution in [0, 0.1) is 0 Å². The van der Waals surface area contributed by atoms with E-state index in [2.05, 4.69) is 25.3 Å². The number of nitrogen functional groups attached to an aromatic ring is 1. The summed E-state index contributed by atoms with van der Waals surface area (Å²) in [5, 5.41) is 13.8. The minimum atomic E-state index is -0.206. The third-order valence-corrected chi connectivity index (χ3v) is 5.66. The van der Waals surface area contributed by atoms with Gasteiger partial charge in [0.05, 0.1) is 41.1 Å². The van der Waals surface area contributed by atoms with Crippen molar-refractivity contribution in [3.8, 4) is 11.6 Å². The van der Waals surface area contributed by atoms with Crippen LogP contribution in [0.1, 0.15) is 5.69 Å². The summed E-state index contributed by atoms with van der Waals surface area (Å²) in [6.45, 7) is 0.232. The number of H-pyrrole nitrogens is 1. The summed E-state index contributed by atoms with van der Waals surface area (Å²) < 4.78 is 9.30. The molecule has 0 saturated carbocycles. The molecule has 0 bridgehead atoms. The lowest BCUT2D eigenvalue weighted by molar-refractivity contribution is 0.470. The number of benzene rings is 1. The van der Waals surface area contributed by atoms with Crippen molar-refractivity contribution in [2.45, 2.75) is 6.54 Å². The fourth-order valence-electron chi connectivity index (χ4n) is 4.09. The molecule has 0 radical (unpaired) electrons. The number of rotatable bonds is 4. The normalized spacial score (nSPS) is 11.5. The molecule has 0 aliphatic rings. The van der Waals surface area contributed by atoms with Crippen LogP contribution in [0.2, 0.25) is 0 Å². The first-order valence-corrected chi connectivity index (χ1v) is 10.2. The van der Waals surface area contributed by atoms with E-state index in [0.29, 0.717) is 28.7 Å². The Hall–Kier alpha value is -4.73. The highest BCUT2D eigenvalue weighted by Gasteiger charge is 2.16. The Labute approximate surface area is 186 Å². The number of ether oxygens (including phenoxy) is 1. The van der Waals surface area contributed by atoms with Gasteiger partial charge >= 0.3 is 0 Å². The lowest BCUT2D eigenvalue weighted by Crippen LogP contribution is -2.25. The highest BCUT2D eigenvalue weighted by Crippen LogP contribution is 2.32. The second-order valence-electron chi connectivity index (χ2n) is 7.71. The van der Waals surface area contributed by atoms with Crippen LogP contribution in [0.15, 0.2) is 65.8 Å². The number of hydrogen-bond donors (Lipinski definition) is 2. The van der Waals surface area contributed by atoms with Gasteiger partial charge in [0.2, 0.25) is 5.88 Å². The molecule has 0 unspecified atom stereocenters. The highest BCUT2D eigenvalue weighted by molar-refractivity contribution is 6.07. The van der Waals surface area contributed by atoms with Crippen LogP contribution in [-0.2, 0) is 13.6 Å². The second kappa shape index (κ2) is 7.16. The summed E-state index contributed by atoms with van der Waals surface area (Å²) in [6, 6.07) is 12.8. The van der Waals surface area contributed by atoms with Crippen molar-refractivity contribution < 1.29 is 4.74 Å². The largest absolute Gasteiger partial charge is 0.438 e. The summed E-state index contributed by atoms with van der Waals surface area (Å²) in [6.07, 6.45) is 5.05. The van der Waals surface area contributed by atoms with E-state index in [1.165, 1.54) is 4.68 Å². The standard InChI is InChI=1S/C23H18N8O2/c1-30-19-9-14(33-22-17-10-26-29-18(17)7-8-25-22)5-6-15(19)16-11-27-31(23(32)21(16)30)12-13-3-2-4-20(24)28-13/h2-11H,12H2,1H3,(H2,24,28)(H,26,29). The Morgan fingerprint density at radius 3 is 2.88 bits per heavy atom. The minimum absolute atomic E-state index is 0.206. The second-order valence-corrected chi connectivity index (χ2v) is 7.71. The number of anilines is 1. The molecule has 0 aliphatic heterocycles. The number of nitrogens with two attached hydrogens (primary N) is 1. The van der Waals surface area contributed by atoms with Crippen molar-refractivity contribution in [2.24, 2.45) is 7.05 Å². The molecule has 6 aromatic rings. The zero-order valence-corrected chi connectivity index (χ0v) is 17.6. The molecule has 10 nitrogen and oxygen atoms in total. The maximum Gasteiger partial charge on any atom is 0.291 e. The zero-order chi connectivity index (χ0) is 22.5. The lowest BCUT2D eigenvalue weighted by atomic mass is 10.2. The van der Waals surface area contributed by atoms with Crippen molar-refractivity contribution in [3.05, 3.63) is 77.1 Å². The number of nitrogens with zero attached hydrogens (tertiary/aromatic N) is 6. The van der Waals surface area contributed by atoms with Crippen molar-refractivity contribution in [1.29, 1.82) is 0 Å². The first kappa shape index (κ1) is 19.0. The lowest BCUT2D eigenvalue weighted by Gasteiger charge is -2.06. The topological polar surface area (TPSA) is 130 Å². The Morgan fingerprint density at radius 1 is 1.09 bits per heavy atom. The van der Waals surface area contributed by atoms with E-state index >= 15 is 0 Å². The van der Waals surface area contributed by atoms with E-state index in [0.717, 1.165) is 27.2 Å². The van der Waals surface area contributed by atoms with Crippen LogP contribution < -0.4 is 16.0 Å². The first-order valence-electron chi connectivity index (χ1n) is 10.2. The van der Waals surface area contributed by atoms with Crippen LogP contribution >= 0.6 is 0 Å². The zero-order valence-electron chi connectivity index (χ0n) is 17.6. The first-order chi connectivity index (χ1) is 16.1. The molecule has 3 N–H and O–H groups in total. The molecular weight excluding hydrogens is 420 g/mol. The van der Waals surface area contributed by atoms with E-state index in [1.54, 1.807) is 30.7 Å². The van der Waals surface area contributed by atoms with Crippen molar-refractivity contribution in [3.63, 3.8) is 0 Å². The quantitative estimate of drug-likeness (QED) is 0.433. The molecular formula is C23H18N8O2. The monoisotopic (exact) mass is 438 g/mol. The number of nitrogens with one attached hydrogen (secondary N) is 1. The van der Waals surface area contributed by atoms with Gasteiger partial charge in [-0.15, -0.1) is 0 Å². The molecule has 0 aliphatic carbocycles.